The summed E-state index contributed by atoms with van der Waals surface area (Å²) in [6.07, 6.45) is 0.421. The van der Waals surface area contributed by atoms with E-state index in [1.165, 1.54) is 24.3 Å². The van der Waals surface area contributed by atoms with Crippen molar-refractivity contribution in [3.05, 3.63) is 40.2 Å². The zero-order valence-corrected chi connectivity index (χ0v) is 7.24. The molecule has 1 rings (SSSR count). The summed E-state index contributed by atoms with van der Waals surface area (Å²) in [4.78, 5) is 11.1. The van der Waals surface area contributed by atoms with Crippen molar-refractivity contribution in [3.8, 4) is 0 Å². The fourth-order valence-electron chi connectivity index (χ4n) is 0.996. The first-order chi connectivity index (χ1) is 6.15. The van der Waals surface area contributed by atoms with Crippen LogP contribution in [0.25, 0.3) is 0 Å². The van der Waals surface area contributed by atoms with E-state index in [-0.39, 0.29) is 11.5 Å². The summed E-state index contributed by atoms with van der Waals surface area (Å²) in [5.41, 5.74) is 0.625. The average molecular weight is 180 g/mol. The predicted molar refractivity (Wildman–Crippen MR) is 48.4 cm³/mol. The van der Waals surface area contributed by atoms with E-state index in [9.17, 15) is 15.2 Å². The highest BCUT2D eigenvalue weighted by Crippen LogP contribution is 2.07. The lowest BCUT2D eigenvalue weighted by Crippen LogP contribution is -2.96. The van der Waals surface area contributed by atoms with Gasteiger partial charge in [0, 0.05) is 24.1 Å². The Hall–Kier alpha value is -1.23. The second kappa shape index (κ2) is 4.13. The van der Waals surface area contributed by atoms with Gasteiger partial charge in [-0.2, -0.15) is 0 Å². The summed E-state index contributed by atoms with van der Waals surface area (Å²) in [6.45, 7) is 1.76. The van der Waals surface area contributed by atoms with Gasteiger partial charge in [0.15, 0.2) is 5.78 Å². The third-order valence-electron chi connectivity index (χ3n) is 1.76. The van der Waals surface area contributed by atoms with Crippen molar-refractivity contribution in [1.82, 2.24) is 0 Å². The molecule has 0 heterocycles. The smallest absolute Gasteiger partial charge is 0.162 e. The molecule has 1 aromatic carbocycles. The number of benzene rings is 1. The van der Waals surface area contributed by atoms with Crippen LogP contribution < -0.4 is 5.23 Å². The van der Waals surface area contributed by atoms with Gasteiger partial charge < -0.3 is 15.6 Å². The SMILES string of the molecule is CCC(=O)c1ccc([NH+]([O-])[O-])cc1. The van der Waals surface area contributed by atoms with Crippen LogP contribution in [0.4, 0.5) is 5.69 Å². The van der Waals surface area contributed by atoms with Gasteiger partial charge in [-0.05, 0) is 12.1 Å². The maximum atomic E-state index is 11.1. The molecule has 0 aliphatic rings. The molecule has 4 heteroatoms. The molecule has 70 valence electrons. The third-order valence-corrected chi connectivity index (χ3v) is 1.76. The number of quaternary nitrogens is 1. The van der Waals surface area contributed by atoms with Crippen LogP contribution in [0.2, 0.25) is 0 Å². The van der Waals surface area contributed by atoms with Crippen molar-refractivity contribution in [2.45, 2.75) is 13.3 Å². The van der Waals surface area contributed by atoms with Crippen LogP contribution in [0.15, 0.2) is 24.3 Å². The molecule has 0 unspecified atom stereocenters. The van der Waals surface area contributed by atoms with E-state index in [1.54, 1.807) is 6.92 Å². The summed E-state index contributed by atoms with van der Waals surface area (Å²) in [5.74, 6) is 0.00454. The van der Waals surface area contributed by atoms with Crippen molar-refractivity contribution in [3.63, 3.8) is 0 Å². The monoisotopic (exact) mass is 180 g/mol. The Morgan fingerprint density at radius 3 is 2.23 bits per heavy atom. The maximum absolute atomic E-state index is 11.1. The fraction of sp³-hybridized carbons (Fsp3) is 0.222. The van der Waals surface area contributed by atoms with E-state index in [4.69, 9.17) is 0 Å². The number of Topliss-reactive ketones (excluding diaryl/α,β-unsaturated/α-hetero) is 1. The minimum absolute atomic E-state index is 0.00454. The number of ketones is 1. The minimum atomic E-state index is -1.23. The van der Waals surface area contributed by atoms with Gasteiger partial charge in [0.1, 0.15) is 5.69 Å². The molecule has 0 bridgehead atoms. The van der Waals surface area contributed by atoms with Crippen LogP contribution in [0.3, 0.4) is 0 Å². The van der Waals surface area contributed by atoms with Crippen LogP contribution in [0.5, 0.6) is 0 Å². The Balaban J connectivity index is 2.87. The number of nitrogens with one attached hydrogen (secondary N) is 1. The number of carbonyl (C=O) groups excluding carboxylic acids is 1. The van der Waals surface area contributed by atoms with Gasteiger partial charge in [-0.1, -0.05) is 6.92 Å². The Labute approximate surface area is 75.9 Å². The van der Waals surface area contributed by atoms with Crippen molar-refractivity contribution in [2.75, 3.05) is 0 Å². The Bertz CT molecular complexity index is 292. The summed E-state index contributed by atoms with van der Waals surface area (Å²) >= 11 is 0. The molecule has 0 aromatic heterocycles. The molecule has 0 fully saturated rings. The zero-order valence-electron chi connectivity index (χ0n) is 7.24. The first kappa shape index (κ1) is 9.85. The number of carbonyl (C=O) groups is 1. The van der Waals surface area contributed by atoms with Gasteiger partial charge in [0.2, 0.25) is 0 Å². The summed E-state index contributed by atoms with van der Waals surface area (Å²) < 4.78 is 0. The molecule has 1 aromatic rings. The molecule has 0 saturated heterocycles. The van der Waals surface area contributed by atoms with Gasteiger partial charge in [-0.3, -0.25) is 4.79 Å². The first-order valence-corrected chi connectivity index (χ1v) is 3.99. The molecule has 0 radical (unpaired) electrons. The zero-order chi connectivity index (χ0) is 9.84. The maximum Gasteiger partial charge on any atom is 0.162 e. The lowest BCUT2D eigenvalue weighted by atomic mass is 10.1. The van der Waals surface area contributed by atoms with E-state index < -0.39 is 5.23 Å². The minimum Gasteiger partial charge on any atom is -0.628 e. The molecule has 13 heavy (non-hydrogen) atoms. The van der Waals surface area contributed by atoms with E-state index in [2.05, 4.69) is 0 Å². The third kappa shape index (κ3) is 2.35. The van der Waals surface area contributed by atoms with Crippen molar-refractivity contribution < 1.29 is 10.0 Å². The van der Waals surface area contributed by atoms with Crippen LogP contribution in [0, 0.1) is 10.4 Å². The lowest BCUT2D eigenvalue weighted by Gasteiger charge is -2.24. The number of rotatable bonds is 3. The predicted octanol–water partition coefficient (Wildman–Crippen LogP) is 0.791. The molecule has 0 aliphatic heterocycles. The van der Waals surface area contributed by atoms with E-state index in [0.717, 1.165) is 0 Å². The summed E-state index contributed by atoms with van der Waals surface area (Å²) in [5, 5.41) is 19.5. The molecule has 0 atom stereocenters. The average Bonchev–Trinajstić information content (AvgIpc) is 2.17. The summed E-state index contributed by atoms with van der Waals surface area (Å²) in [7, 11) is 0. The topological polar surface area (TPSA) is 67.6 Å². The molecule has 0 saturated carbocycles. The standard InChI is InChI=1S/C9H10NO3/c1-2-9(11)7-3-5-8(6-4-7)10(12)13/h3-6,10H,2H2,1H3/q-1. The van der Waals surface area contributed by atoms with Crippen LogP contribution in [-0.2, 0) is 0 Å². The highest BCUT2D eigenvalue weighted by Gasteiger charge is 2.02. The van der Waals surface area contributed by atoms with Crippen molar-refractivity contribution in [1.29, 1.82) is 0 Å². The van der Waals surface area contributed by atoms with Crippen molar-refractivity contribution in [2.24, 2.45) is 0 Å². The van der Waals surface area contributed by atoms with Crippen molar-refractivity contribution >= 4 is 11.5 Å². The van der Waals surface area contributed by atoms with Crippen LogP contribution in [-0.4, -0.2) is 5.78 Å². The molecule has 0 amide bonds. The van der Waals surface area contributed by atoms with E-state index >= 15 is 0 Å². The fourth-order valence-corrected chi connectivity index (χ4v) is 0.996. The second-order valence-corrected chi connectivity index (χ2v) is 2.64. The summed E-state index contributed by atoms with van der Waals surface area (Å²) in [6, 6.07) is 5.74. The largest absolute Gasteiger partial charge is 0.628 e. The van der Waals surface area contributed by atoms with E-state index in [1.807, 2.05) is 0 Å². The number of hydrogen-bond donors (Lipinski definition) is 1. The first-order valence-electron chi connectivity index (χ1n) is 3.99. The Kier molecular flexibility index (Phi) is 3.13. The highest BCUT2D eigenvalue weighted by molar-refractivity contribution is 5.95. The molecule has 1 N–H and O–H groups in total. The van der Waals surface area contributed by atoms with Gasteiger partial charge >= 0.3 is 0 Å². The quantitative estimate of drug-likeness (QED) is 0.552. The van der Waals surface area contributed by atoms with E-state index in [0.29, 0.717) is 12.0 Å². The van der Waals surface area contributed by atoms with Gasteiger partial charge in [0.05, 0.1) is 0 Å². The molecule has 0 spiro atoms. The van der Waals surface area contributed by atoms with Gasteiger partial charge in [0.25, 0.3) is 0 Å². The Morgan fingerprint density at radius 1 is 1.31 bits per heavy atom. The normalized spacial score (nSPS) is 10.5. The Morgan fingerprint density at radius 2 is 1.85 bits per heavy atom. The molecule has 0 aliphatic carbocycles. The van der Waals surface area contributed by atoms with Gasteiger partial charge in [-0.15, -0.1) is 0 Å². The van der Waals surface area contributed by atoms with Crippen LogP contribution >= 0.6 is 0 Å². The molecular weight excluding hydrogens is 170 g/mol. The molecular formula is C9H10NO3-. The number of hydrogen-bond acceptors (Lipinski definition) is 3. The molecule has 4 nitrogen and oxygen atoms in total. The van der Waals surface area contributed by atoms with Gasteiger partial charge in [-0.25, -0.2) is 0 Å². The van der Waals surface area contributed by atoms with Crippen LogP contribution in [0.1, 0.15) is 23.7 Å². The second-order valence-electron chi connectivity index (χ2n) is 2.64. The lowest BCUT2D eigenvalue weighted by molar-refractivity contribution is -0.715. The highest BCUT2D eigenvalue weighted by atomic mass is 16.8.